The van der Waals surface area contributed by atoms with Gasteiger partial charge < -0.3 is 10.5 Å². The third-order valence-corrected chi connectivity index (χ3v) is 3.88. The number of ketones is 1. The number of esters is 1. The Balaban J connectivity index is 2.27. The molecule has 0 saturated heterocycles. The molecule has 0 aliphatic rings. The van der Waals surface area contributed by atoms with Crippen molar-refractivity contribution in [1.82, 2.24) is 0 Å². The van der Waals surface area contributed by atoms with Crippen LogP contribution in [-0.4, -0.2) is 11.8 Å². The molecule has 0 spiro atoms. The van der Waals surface area contributed by atoms with E-state index in [0.29, 0.717) is 11.3 Å². The number of rotatable bonds is 5. The Morgan fingerprint density at radius 1 is 1.12 bits per heavy atom. The van der Waals surface area contributed by atoms with Gasteiger partial charge in [0.05, 0.1) is 5.56 Å². The van der Waals surface area contributed by atoms with Crippen LogP contribution in [0.5, 0.6) is 0 Å². The largest absolute Gasteiger partial charge is 0.461 e. The van der Waals surface area contributed by atoms with E-state index in [9.17, 15) is 22.8 Å². The van der Waals surface area contributed by atoms with Gasteiger partial charge in [-0.05, 0) is 30.2 Å². The first-order chi connectivity index (χ1) is 12.1. The van der Waals surface area contributed by atoms with Crippen molar-refractivity contribution in [3.63, 3.8) is 0 Å². The van der Waals surface area contributed by atoms with Crippen LogP contribution in [0.25, 0.3) is 0 Å². The number of carbonyl (C=O) groups excluding carboxylic acids is 2. The number of benzene rings is 2. The van der Waals surface area contributed by atoms with Crippen LogP contribution in [-0.2, 0) is 28.7 Å². The average Bonchev–Trinajstić information content (AvgIpc) is 2.55. The highest BCUT2D eigenvalue weighted by molar-refractivity contribution is 5.98. The van der Waals surface area contributed by atoms with Gasteiger partial charge in [-0.1, -0.05) is 24.3 Å². The number of carbonyl (C=O) groups is 2. The zero-order valence-corrected chi connectivity index (χ0v) is 14.3. The number of ether oxygens (including phenoxy) is 1. The molecular formula is C19H18F3NO3. The molecule has 0 saturated carbocycles. The molecule has 0 amide bonds. The van der Waals surface area contributed by atoms with Crippen LogP contribution in [0.2, 0.25) is 0 Å². The van der Waals surface area contributed by atoms with Crippen LogP contribution in [0, 0.1) is 6.92 Å². The first-order valence-electron chi connectivity index (χ1n) is 7.79. The Kier molecular flexibility index (Phi) is 5.69. The standard InChI is InChI=1S/C19H18F3NO3/c1-11-3-5-14(9-17(11)23)18(25)8-13-4-6-15(10-26-12(2)24)16(7-13)19(20,21)22/h3-7,9H,8,10,23H2,1-2H3. The van der Waals surface area contributed by atoms with E-state index in [4.69, 9.17) is 5.73 Å². The third-order valence-electron chi connectivity index (χ3n) is 3.88. The second-order valence-electron chi connectivity index (χ2n) is 5.94. The van der Waals surface area contributed by atoms with Gasteiger partial charge in [0.1, 0.15) is 6.61 Å². The SMILES string of the molecule is CC(=O)OCc1ccc(CC(=O)c2ccc(C)c(N)c2)cc1C(F)(F)F. The second-order valence-corrected chi connectivity index (χ2v) is 5.94. The molecule has 0 atom stereocenters. The number of nitrogens with two attached hydrogens (primary N) is 1. The van der Waals surface area contributed by atoms with Gasteiger partial charge in [0, 0.05) is 30.2 Å². The highest BCUT2D eigenvalue weighted by Crippen LogP contribution is 2.33. The molecule has 2 aromatic carbocycles. The minimum atomic E-state index is -4.62. The molecule has 0 aromatic heterocycles. The van der Waals surface area contributed by atoms with E-state index in [2.05, 4.69) is 4.74 Å². The smallest absolute Gasteiger partial charge is 0.416 e. The molecule has 0 bridgehead atoms. The zero-order valence-electron chi connectivity index (χ0n) is 14.3. The number of anilines is 1. The fraction of sp³-hybridized carbons (Fsp3) is 0.263. The highest BCUT2D eigenvalue weighted by Gasteiger charge is 2.34. The van der Waals surface area contributed by atoms with Crippen molar-refractivity contribution in [3.8, 4) is 0 Å². The van der Waals surface area contributed by atoms with Gasteiger partial charge >= 0.3 is 12.1 Å². The molecule has 0 unspecified atom stereocenters. The molecule has 0 aliphatic heterocycles. The summed E-state index contributed by atoms with van der Waals surface area (Å²) in [6.45, 7) is 2.43. The van der Waals surface area contributed by atoms with E-state index < -0.39 is 24.3 Å². The van der Waals surface area contributed by atoms with Gasteiger partial charge in [0.2, 0.25) is 0 Å². The molecule has 2 N–H and O–H groups in total. The van der Waals surface area contributed by atoms with Crippen molar-refractivity contribution in [2.45, 2.75) is 33.1 Å². The van der Waals surface area contributed by atoms with Crippen molar-refractivity contribution < 1.29 is 27.5 Å². The lowest BCUT2D eigenvalue weighted by atomic mass is 9.97. The average molecular weight is 365 g/mol. The van der Waals surface area contributed by atoms with E-state index in [0.717, 1.165) is 18.6 Å². The monoisotopic (exact) mass is 365 g/mol. The van der Waals surface area contributed by atoms with E-state index in [-0.39, 0.29) is 23.3 Å². The predicted molar refractivity (Wildman–Crippen MR) is 90.5 cm³/mol. The van der Waals surface area contributed by atoms with Crippen molar-refractivity contribution in [3.05, 3.63) is 64.2 Å². The lowest BCUT2D eigenvalue weighted by Gasteiger charge is -2.14. The van der Waals surface area contributed by atoms with Crippen LogP contribution in [0.1, 0.15) is 39.5 Å². The number of nitrogen functional groups attached to an aromatic ring is 1. The normalized spacial score (nSPS) is 11.3. The Morgan fingerprint density at radius 2 is 1.81 bits per heavy atom. The minimum Gasteiger partial charge on any atom is -0.461 e. The number of hydrogen-bond acceptors (Lipinski definition) is 4. The third kappa shape index (κ3) is 4.84. The van der Waals surface area contributed by atoms with Gasteiger partial charge in [-0.2, -0.15) is 13.2 Å². The molecule has 0 fully saturated rings. The number of halogens is 3. The Bertz CT molecular complexity index is 844. The lowest BCUT2D eigenvalue weighted by Crippen LogP contribution is -2.13. The number of alkyl halides is 3. The van der Waals surface area contributed by atoms with Crippen molar-refractivity contribution in [2.75, 3.05) is 5.73 Å². The van der Waals surface area contributed by atoms with Crippen molar-refractivity contribution in [1.29, 1.82) is 0 Å². The highest BCUT2D eigenvalue weighted by atomic mass is 19.4. The number of aryl methyl sites for hydroxylation is 1. The van der Waals surface area contributed by atoms with E-state index in [1.54, 1.807) is 19.1 Å². The summed E-state index contributed by atoms with van der Waals surface area (Å²) >= 11 is 0. The van der Waals surface area contributed by atoms with Crippen LogP contribution in [0.4, 0.5) is 18.9 Å². The summed E-state index contributed by atoms with van der Waals surface area (Å²) in [7, 11) is 0. The van der Waals surface area contributed by atoms with E-state index in [1.807, 2.05) is 0 Å². The molecule has 0 aliphatic carbocycles. The molecule has 26 heavy (non-hydrogen) atoms. The molecule has 7 heteroatoms. The first-order valence-corrected chi connectivity index (χ1v) is 7.79. The lowest BCUT2D eigenvalue weighted by molar-refractivity contribution is -0.145. The van der Waals surface area contributed by atoms with E-state index in [1.165, 1.54) is 18.2 Å². The molecule has 0 radical (unpaired) electrons. The first kappa shape index (κ1) is 19.5. The maximum Gasteiger partial charge on any atom is 0.416 e. The fourth-order valence-electron chi connectivity index (χ4n) is 2.40. The Hall–Kier alpha value is -2.83. The maximum atomic E-state index is 13.3. The summed E-state index contributed by atoms with van der Waals surface area (Å²) in [6.07, 6.45) is -4.82. The van der Waals surface area contributed by atoms with Crippen LogP contribution in [0.3, 0.4) is 0 Å². The topological polar surface area (TPSA) is 69.4 Å². The van der Waals surface area contributed by atoms with Crippen molar-refractivity contribution in [2.24, 2.45) is 0 Å². The van der Waals surface area contributed by atoms with Gasteiger partial charge in [0.25, 0.3) is 0 Å². The Morgan fingerprint density at radius 3 is 2.38 bits per heavy atom. The number of Topliss-reactive ketones (excluding diaryl/α,β-unsaturated/α-hetero) is 1. The van der Waals surface area contributed by atoms with Crippen molar-refractivity contribution >= 4 is 17.4 Å². The van der Waals surface area contributed by atoms with Gasteiger partial charge in [-0.3, -0.25) is 9.59 Å². The zero-order chi connectivity index (χ0) is 19.5. The van der Waals surface area contributed by atoms with Crippen LogP contribution in [0.15, 0.2) is 36.4 Å². The quantitative estimate of drug-likeness (QED) is 0.492. The Labute approximate surface area is 148 Å². The summed E-state index contributed by atoms with van der Waals surface area (Å²) < 4.78 is 44.5. The van der Waals surface area contributed by atoms with E-state index >= 15 is 0 Å². The van der Waals surface area contributed by atoms with Gasteiger partial charge in [-0.25, -0.2) is 0 Å². The summed E-state index contributed by atoms with van der Waals surface area (Å²) in [4.78, 5) is 23.2. The fourth-order valence-corrected chi connectivity index (χ4v) is 2.40. The molecule has 138 valence electrons. The second kappa shape index (κ2) is 7.59. The van der Waals surface area contributed by atoms with Crippen LogP contribution >= 0.6 is 0 Å². The summed E-state index contributed by atoms with van der Waals surface area (Å²) in [5, 5.41) is 0. The minimum absolute atomic E-state index is 0.163. The molecule has 4 nitrogen and oxygen atoms in total. The van der Waals surface area contributed by atoms with Crippen LogP contribution < -0.4 is 5.73 Å². The molecular weight excluding hydrogens is 347 g/mol. The molecule has 2 aromatic rings. The summed E-state index contributed by atoms with van der Waals surface area (Å²) in [6, 6.07) is 8.34. The number of hydrogen-bond donors (Lipinski definition) is 1. The van der Waals surface area contributed by atoms with Gasteiger partial charge in [-0.15, -0.1) is 0 Å². The molecule has 2 rings (SSSR count). The molecule has 0 heterocycles. The summed E-state index contributed by atoms with van der Waals surface area (Å²) in [5.41, 5.74) is 6.50. The van der Waals surface area contributed by atoms with Gasteiger partial charge in [0.15, 0.2) is 5.78 Å². The maximum absolute atomic E-state index is 13.3. The summed E-state index contributed by atoms with van der Waals surface area (Å²) in [5.74, 6) is -1.01. The predicted octanol–water partition coefficient (Wildman–Crippen LogP) is 4.08.